The molecule has 1 aliphatic carbocycles. The highest BCUT2D eigenvalue weighted by Gasteiger charge is 2.33. The summed E-state index contributed by atoms with van der Waals surface area (Å²) in [5, 5.41) is 2.15. The smallest absolute Gasteiger partial charge is 0.295 e. The normalized spacial score (nSPS) is 16.6. The first kappa shape index (κ1) is 21.5. The summed E-state index contributed by atoms with van der Waals surface area (Å²) in [6.45, 7) is 0. The van der Waals surface area contributed by atoms with E-state index in [9.17, 15) is 13.0 Å². The predicted octanol–water partition coefficient (Wildman–Crippen LogP) is 3.50. The Kier molecular flexibility index (Phi) is 5.35. The van der Waals surface area contributed by atoms with Crippen molar-refractivity contribution in [3.05, 3.63) is 95.6 Å². The number of rotatable bonds is 4. The molecule has 0 radical (unpaired) electrons. The molecule has 0 amide bonds. The maximum Gasteiger partial charge on any atom is 0.295 e. The predicted molar refractivity (Wildman–Crippen MR) is 128 cm³/mol. The first-order valence-electron chi connectivity index (χ1n) is 9.99. The molecule has 166 valence electrons. The van der Waals surface area contributed by atoms with E-state index in [1.807, 2.05) is 48.5 Å². The van der Waals surface area contributed by atoms with Crippen molar-refractivity contribution in [2.45, 2.75) is 4.90 Å². The van der Waals surface area contributed by atoms with E-state index in [0.29, 0.717) is 22.6 Å². The topological polar surface area (TPSA) is 82.1 Å². The Morgan fingerprint density at radius 3 is 2.36 bits per heavy atom. The lowest BCUT2D eigenvalue weighted by molar-refractivity contribution is 0.311. The molecule has 33 heavy (non-hydrogen) atoms. The second-order valence-corrected chi connectivity index (χ2v) is 10.8. The Morgan fingerprint density at radius 1 is 0.909 bits per heavy atom. The molecule has 6 rings (SSSR count). The number of ether oxygens (including phenoxy) is 3. The molecule has 2 heterocycles. The fourth-order valence-corrected chi connectivity index (χ4v) is 7.83. The Morgan fingerprint density at radius 2 is 1.64 bits per heavy atom. The van der Waals surface area contributed by atoms with Gasteiger partial charge >= 0.3 is 0 Å². The van der Waals surface area contributed by atoms with Gasteiger partial charge in [0, 0.05) is 22.8 Å². The molecule has 0 saturated heterocycles. The van der Waals surface area contributed by atoms with Crippen molar-refractivity contribution in [3.63, 3.8) is 0 Å². The van der Waals surface area contributed by atoms with Crippen LogP contribution in [-0.4, -0.2) is 27.2 Å². The highest BCUT2D eigenvalue weighted by Crippen LogP contribution is 2.44. The Bertz CT molecular complexity index is 1480. The second-order valence-electron chi connectivity index (χ2n) is 7.29. The van der Waals surface area contributed by atoms with Gasteiger partial charge in [0.05, 0.1) is 19.8 Å². The van der Waals surface area contributed by atoms with E-state index in [2.05, 4.69) is 5.73 Å². The van der Waals surface area contributed by atoms with E-state index in [-0.39, 0.29) is 10.6 Å². The van der Waals surface area contributed by atoms with E-state index in [0.717, 1.165) is 21.7 Å². The van der Waals surface area contributed by atoms with Crippen molar-refractivity contribution in [1.29, 1.82) is 0 Å². The lowest BCUT2D eigenvalue weighted by Crippen LogP contribution is -2.28. The molecule has 1 unspecified atom stereocenters. The van der Waals surface area contributed by atoms with E-state index >= 15 is 0 Å². The summed E-state index contributed by atoms with van der Waals surface area (Å²) in [6, 6.07) is 20.0. The zero-order chi connectivity index (χ0) is 23.2. The first-order chi connectivity index (χ1) is 15.9. The third-order valence-electron chi connectivity index (χ3n) is 5.43. The minimum atomic E-state index is -4.55. The molecule has 0 aromatic heterocycles. The quantitative estimate of drug-likeness (QED) is 0.351. The molecule has 3 aromatic rings. The number of hydrogen-bond acceptors (Lipinski definition) is 5. The molecule has 0 spiro atoms. The Labute approximate surface area is 192 Å². The van der Waals surface area contributed by atoms with Gasteiger partial charge < -0.3 is 14.2 Å². The Hall–Kier alpha value is -3.34. The van der Waals surface area contributed by atoms with Crippen molar-refractivity contribution in [2.24, 2.45) is 0 Å². The van der Waals surface area contributed by atoms with Gasteiger partial charge in [0.25, 0.3) is 10.1 Å². The van der Waals surface area contributed by atoms with Crippen LogP contribution in [0, 0.1) is 0 Å². The summed E-state index contributed by atoms with van der Waals surface area (Å²) in [5.74, 6) is 1.91. The fourth-order valence-electron chi connectivity index (χ4n) is 4.04. The van der Waals surface area contributed by atoms with Crippen LogP contribution in [0.3, 0.4) is 0 Å². The largest absolute Gasteiger partial charge is 0.496 e. The summed E-state index contributed by atoms with van der Waals surface area (Å²) in [6.07, 6.45) is 1.67. The monoisotopic (exact) mass is 478 g/mol. The fraction of sp³-hybridized carbons (Fsp3) is 0.0800. The lowest BCUT2D eigenvalue weighted by atomic mass is 10.0. The lowest BCUT2D eigenvalue weighted by Gasteiger charge is -2.27. The van der Waals surface area contributed by atoms with E-state index in [4.69, 9.17) is 14.2 Å². The van der Waals surface area contributed by atoms with Crippen molar-refractivity contribution >= 4 is 39.5 Å². The van der Waals surface area contributed by atoms with Gasteiger partial charge in [-0.1, -0.05) is 48.2 Å². The standard InChI is InChI=1S/C25H19O6PS/c1-29-18-8-4-6-10-22(18)32-21-9-5-3-7-17(21)25-19(30-2)12-13-20(25)31-16-11-14-23(32)24(15-16)33(26,27)28/h3-11,13-15H,1-2H3,(H,26,27,28). The van der Waals surface area contributed by atoms with Crippen LogP contribution in [0.1, 0.15) is 5.56 Å². The maximum atomic E-state index is 12.5. The molecule has 6 nitrogen and oxygen atoms in total. The minimum absolute atomic E-state index is 0.197. The van der Waals surface area contributed by atoms with Gasteiger partial charge in [-0.05, 0) is 37.0 Å². The summed E-state index contributed by atoms with van der Waals surface area (Å²) < 4.78 is 52.4. The molecular formula is C25H19O6PS. The van der Waals surface area contributed by atoms with Crippen LogP contribution in [0.25, 0.3) is 5.57 Å². The van der Waals surface area contributed by atoms with Crippen LogP contribution < -0.4 is 25.4 Å². The van der Waals surface area contributed by atoms with Crippen LogP contribution in [0.2, 0.25) is 0 Å². The first-order valence-corrected chi connectivity index (χ1v) is 12.8. The summed E-state index contributed by atoms with van der Waals surface area (Å²) >= 11 is 0. The second kappa shape index (κ2) is 8.22. The number of allylic oxidation sites excluding steroid dienone is 1. The van der Waals surface area contributed by atoms with Gasteiger partial charge in [0.15, 0.2) is 5.76 Å². The zero-order valence-corrected chi connectivity index (χ0v) is 19.5. The number of benzene rings is 3. The molecule has 3 aromatic carbocycles. The summed E-state index contributed by atoms with van der Waals surface area (Å²) in [5.41, 5.74) is 4.64. The van der Waals surface area contributed by atoms with Gasteiger partial charge in [-0.25, -0.2) is 0 Å². The average Bonchev–Trinajstić information content (AvgIpc) is 3.22. The van der Waals surface area contributed by atoms with Gasteiger partial charge in [0.1, 0.15) is 22.2 Å². The van der Waals surface area contributed by atoms with Crippen LogP contribution in [0.15, 0.2) is 95.0 Å². The Balaban J connectivity index is 1.93. The summed E-state index contributed by atoms with van der Waals surface area (Å²) in [4.78, 5) is -0.197. The maximum absolute atomic E-state index is 12.5. The number of hydrogen-bond donors (Lipinski definition) is 1. The molecule has 3 aliphatic rings. The third-order valence-corrected chi connectivity index (χ3v) is 9.07. The zero-order valence-electron chi connectivity index (χ0n) is 17.8. The molecule has 2 aliphatic heterocycles. The molecule has 2 bridgehead atoms. The van der Waals surface area contributed by atoms with Crippen molar-refractivity contribution in [1.82, 2.24) is 0 Å². The van der Waals surface area contributed by atoms with Gasteiger partial charge in [-0.3, -0.25) is 4.55 Å². The van der Waals surface area contributed by atoms with E-state index < -0.39 is 18.0 Å². The average molecular weight is 478 g/mol. The minimum Gasteiger partial charge on any atom is -0.496 e. The van der Waals surface area contributed by atoms with Gasteiger partial charge in [-0.2, -0.15) is 8.42 Å². The molecule has 1 atom stereocenters. The van der Waals surface area contributed by atoms with Crippen molar-refractivity contribution in [2.75, 3.05) is 14.2 Å². The van der Waals surface area contributed by atoms with Gasteiger partial charge in [-0.15, -0.1) is 0 Å². The number of para-hydroxylation sites is 1. The van der Waals surface area contributed by atoms with E-state index in [1.165, 1.54) is 6.07 Å². The SMILES string of the molecule is COC1=C=CC2=C1c1ccccc1P(c1ccccc1OC)c1ccc(cc1S(=O)(=O)O)O2. The van der Waals surface area contributed by atoms with Crippen LogP contribution in [0.4, 0.5) is 0 Å². The van der Waals surface area contributed by atoms with E-state index in [1.54, 1.807) is 32.4 Å². The van der Waals surface area contributed by atoms with Crippen LogP contribution in [-0.2, 0) is 14.9 Å². The molecule has 8 heteroatoms. The van der Waals surface area contributed by atoms with Crippen molar-refractivity contribution < 1.29 is 27.2 Å². The summed E-state index contributed by atoms with van der Waals surface area (Å²) in [7, 11) is -2.88. The number of methoxy groups -OCH3 is 2. The molecule has 0 saturated carbocycles. The van der Waals surface area contributed by atoms with Crippen LogP contribution in [0.5, 0.6) is 11.5 Å². The number of fused-ring (bicyclic) bond motifs is 2. The molecule has 0 fully saturated rings. The molecule has 1 N–H and O–H groups in total. The van der Waals surface area contributed by atoms with Gasteiger partial charge in [0.2, 0.25) is 0 Å². The highest BCUT2D eigenvalue weighted by molar-refractivity contribution is 7.88. The third kappa shape index (κ3) is 3.65. The van der Waals surface area contributed by atoms with Crippen molar-refractivity contribution in [3.8, 4) is 11.5 Å². The van der Waals surface area contributed by atoms with Crippen LogP contribution >= 0.6 is 7.92 Å². The highest BCUT2D eigenvalue weighted by atomic mass is 32.2. The molecular weight excluding hydrogens is 459 g/mol.